The molecule has 0 saturated heterocycles. The topological polar surface area (TPSA) is 141 Å². The highest BCUT2D eigenvalue weighted by Gasteiger charge is 2.22. The molecule has 0 amide bonds. The van der Waals surface area contributed by atoms with Gasteiger partial charge in [0.2, 0.25) is 0 Å². The van der Waals surface area contributed by atoms with E-state index < -0.39 is 20.6 Å². The summed E-state index contributed by atoms with van der Waals surface area (Å²) in [5.41, 5.74) is 2.97. The Morgan fingerprint density at radius 3 is 2.26 bits per heavy atom. The lowest BCUT2D eigenvalue weighted by atomic mass is 10.2. The lowest BCUT2D eigenvalue weighted by molar-refractivity contribution is -0.384. The van der Waals surface area contributed by atoms with Crippen LogP contribution in [0.25, 0.3) is 0 Å². The second-order valence-corrected chi connectivity index (χ2v) is 8.41. The summed E-state index contributed by atoms with van der Waals surface area (Å²) in [6, 6.07) is 15.0. The van der Waals surface area contributed by atoms with Crippen LogP contribution in [-0.4, -0.2) is 40.9 Å². The third-order valence-electron chi connectivity index (χ3n) is 4.63. The summed E-state index contributed by atoms with van der Waals surface area (Å²) in [5, 5.41) is 15.6. The molecule has 0 fully saturated rings. The summed E-state index contributed by atoms with van der Waals surface area (Å²) in [4.78, 5) is 10.6. The summed E-state index contributed by atoms with van der Waals surface area (Å²) in [6.07, 6.45) is 1.43. The number of hydrogen-bond donors (Lipinski definition) is 2. The molecule has 3 rings (SSSR count). The molecule has 0 aliphatic heterocycles. The van der Waals surface area contributed by atoms with Crippen molar-refractivity contribution in [3.05, 3.63) is 76.3 Å². The van der Waals surface area contributed by atoms with E-state index in [0.717, 1.165) is 6.07 Å². The van der Waals surface area contributed by atoms with Crippen molar-refractivity contribution in [2.75, 3.05) is 31.5 Å². The van der Waals surface area contributed by atoms with Crippen LogP contribution in [0.4, 0.5) is 17.1 Å². The molecule has 0 heterocycles. The van der Waals surface area contributed by atoms with E-state index in [2.05, 4.69) is 15.2 Å². The van der Waals surface area contributed by atoms with E-state index in [-0.39, 0.29) is 16.3 Å². The Morgan fingerprint density at radius 2 is 1.59 bits per heavy atom. The van der Waals surface area contributed by atoms with Crippen LogP contribution in [0.15, 0.2) is 70.7 Å². The van der Waals surface area contributed by atoms with Gasteiger partial charge in [-0.25, -0.2) is 8.42 Å². The van der Waals surface area contributed by atoms with Gasteiger partial charge in [0.05, 0.1) is 43.1 Å². The van der Waals surface area contributed by atoms with Gasteiger partial charge in [-0.15, -0.1) is 0 Å². The smallest absolute Gasteiger partial charge is 0.295 e. The lowest BCUT2D eigenvalue weighted by Gasteiger charge is -2.12. The fourth-order valence-corrected chi connectivity index (χ4v) is 4.06. The van der Waals surface area contributed by atoms with Crippen LogP contribution in [0.5, 0.6) is 17.2 Å². The van der Waals surface area contributed by atoms with Gasteiger partial charge in [-0.05, 0) is 48.0 Å². The largest absolute Gasteiger partial charge is 0.495 e. The number of hydrazone groups is 1. The number of rotatable bonds is 10. The third-order valence-corrected chi connectivity index (χ3v) is 6.00. The standard InChI is InChI=1S/C22H22N4O7S/c1-31-20-7-5-4-6-18(20)25-34(29,30)16-9-10-17(19(13-16)26(27)28)24-23-14-15-8-11-21(32-2)22(12-15)33-3/h4-14,24-25H,1-3H3/b23-14+. The molecule has 11 nitrogen and oxygen atoms in total. The normalized spacial score (nSPS) is 11.1. The van der Waals surface area contributed by atoms with Crippen molar-refractivity contribution in [3.63, 3.8) is 0 Å². The predicted molar refractivity (Wildman–Crippen MR) is 128 cm³/mol. The van der Waals surface area contributed by atoms with Gasteiger partial charge in [0, 0.05) is 6.07 Å². The number of para-hydroxylation sites is 2. The number of nitrogens with one attached hydrogen (secondary N) is 2. The summed E-state index contributed by atoms with van der Waals surface area (Å²) in [5.74, 6) is 1.35. The molecule has 0 aromatic heterocycles. The first-order valence-corrected chi connectivity index (χ1v) is 11.2. The Hall–Kier alpha value is -4.32. The van der Waals surface area contributed by atoms with Crippen molar-refractivity contribution < 1.29 is 27.6 Å². The van der Waals surface area contributed by atoms with Gasteiger partial charge >= 0.3 is 0 Å². The van der Waals surface area contributed by atoms with E-state index in [1.165, 1.54) is 45.7 Å². The van der Waals surface area contributed by atoms with Gasteiger partial charge in [0.15, 0.2) is 11.5 Å². The molecule has 3 aromatic carbocycles. The highest BCUT2D eigenvalue weighted by molar-refractivity contribution is 7.92. The SMILES string of the molecule is COc1ccccc1NS(=O)(=O)c1ccc(N/N=C/c2ccc(OC)c(OC)c2)c([N+](=O)[O-])c1. The Bertz CT molecular complexity index is 1330. The zero-order valence-electron chi connectivity index (χ0n) is 18.5. The summed E-state index contributed by atoms with van der Waals surface area (Å²) < 4.78 is 43.5. The van der Waals surface area contributed by atoms with Gasteiger partial charge in [0.1, 0.15) is 11.4 Å². The molecule has 0 radical (unpaired) electrons. The number of hydrogen-bond acceptors (Lipinski definition) is 9. The quantitative estimate of drug-likeness (QED) is 0.250. The van der Waals surface area contributed by atoms with E-state index in [0.29, 0.717) is 22.8 Å². The molecule has 12 heteroatoms. The Kier molecular flexibility index (Phi) is 7.53. The molecule has 2 N–H and O–H groups in total. The molecule has 0 bridgehead atoms. The van der Waals surface area contributed by atoms with Crippen molar-refractivity contribution in [2.45, 2.75) is 4.90 Å². The third kappa shape index (κ3) is 5.53. The maximum absolute atomic E-state index is 12.8. The number of benzene rings is 3. The van der Waals surface area contributed by atoms with E-state index in [1.807, 2.05) is 0 Å². The molecule has 34 heavy (non-hydrogen) atoms. The van der Waals surface area contributed by atoms with E-state index in [1.54, 1.807) is 36.4 Å². The summed E-state index contributed by atoms with van der Waals surface area (Å²) in [6.45, 7) is 0. The number of ether oxygens (including phenoxy) is 3. The average molecular weight is 487 g/mol. The number of sulfonamides is 1. The molecule has 0 spiro atoms. The minimum Gasteiger partial charge on any atom is -0.495 e. The van der Waals surface area contributed by atoms with Crippen LogP contribution in [0.3, 0.4) is 0 Å². The van der Waals surface area contributed by atoms with Crippen molar-refractivity contribution in [1.82, 2.24) is 0 Å². The van der Waals surface area contributed by atoms with E-state index in [9.17, 15) is 18.5 Å². The number of nitro groups is 1. The maximum Gasteiger partial charge on any atom is 0.295 e. The molecule has 0 atom stereocenters. The van der Waals surface area contributed by atoms with Gasteiger partial charge in [-0.2, -0.15) is 5.10 Å². The van der Waals surface area contributed by atoms with Crippen LogP contribution in [0.2, 0.25) is 0 Å². The summed E-state index contributed by atoms with van der Waals surface area (Å²) >= 11 is 0. The number of nitro benzene ring substituents is 1. The van der Waals surface area contributed by atoms with Crippen LogP contribution < -0.4 is 24.4 Å². The summed E-state index contributed by atoms with van der Waals surface area (Å²) in [7, 11) is 0.295. The Morgan fingerprint density at radius 1 is 0.882 bits per heavy atom. The van der Waals surface area contributed by atoms with Crippen molar-refractivity contribution in [1.29, 1.82) is 0 Å². The fourth-order valence-electron chi connectivity index (χ4n) is 2.97. The minimum absolute atomic E-state index is 0.0120. The first-order chi connectivity index (χ1) is 16.3. The molecule has 0 unspecified atom stereocenters. The molecule has 0 aliphatic rings. The Labute approximate surface area is 196 Å². The first kappa shape index (κ1) is 24.3. The number of anilines is 2. The zero-order chi connectivity index (χ0) is 24.7. The van der Waals surface area contributed by atoms with Crippen molar-refractivity contribution in [2.24, 2.45) is 5.10 Å². The van der Waals surface area contributed by atoms with Crippen molar-refractivity contribution >= 4 is 33.3 Å². The molecule has 178 valence electrons. The molecular weight excluding hydrogens is 464 g/mol. The maximum atomic E-state index is 12.8. The number of methoxy groups -OCH3 is 3. The van der Waals surface area contributed by atoms with E-state index >= 15 is 0 Å². The molecule has 0 aliphatic carbocycles. The highest BCUT2D eigenvalue weighted by atomic mass is 32.2. The predicted octanol–water partition coefficient (Wildman–Crippen LogP) is 3.87. The monoisotopic (exact) mass is 486 g/mol. The fraction of sp³-hybridized carbons (Fsp3) is 0.136. The molecule has 0 saturated carbocycles. The van der Waals surface area contributed by atoms with Crippen molar-refractivity contribution in [3.8, 4) is 17.2 Å². The molecular formula is C22H22N4O7S. The van der Waals surface area contributed by atoms with Crippen LogP contribution in [0.1, 0.15) is 5.56 Å². The van der Waals surface area contributed by atoms with Gasteiger partial charge < -0.3 is 14.2 Å². The second-order valence-electron chi connectivity index (χ2n) is 6.73. The molecule has 3 aromatic rings. The van der Waals surface area contributed by atoms with Gasteiger partial charge in [-0.1, -0.05) is 12.1 Å². The van der Waals surface area contributed by atoms with Gasteiger partial charge in [-0.3, -0.25) is 20.3 Å². The second kappa shape index (κ2) is 10.5. The van der Waals surface area contributed by atoms with Gasteiger partial charge in [0.25, 0.3) is 15.7 Å². The lowest BCUT2D eigenvalue weighted by Crippen LogP contribution is -2.14. The highest BCUT2D eigenvalue weighted by Crippen LogP contribution is 2.31. The zero-order valence-corrected chi connectivity index (χ0v) is 19.3. The number of nitrogens with zero attached hydrogens (tertiary/aromatic N) is 2. The minimum atomic E-state index is -4.12. The first-order valence-electron chi connectivity index (χ1n) is 9.74. The van der Waals surface area contributed by atoms with Crippen LogP contribution in [0, 0.1) is 10.1 Å². The van der Waals surface area contributed by atoms with E-state index in [4.69, 9.17) is 14.2 Å². The Balaban J connectivity index is 1.84. The van der Waals surface area contributed by atoms with Crippen LogP contribution in [-0.2, 0) is 10.0 Å². The average Bonchev–Trinajstić information content (AvgIpc) is 2.84. The van der Waals surface area contributed by atoms with Crippen LogP contribution >= 0.6 is 0 Å².